The molecular formula is C20H23N3O3S. The van der Waals surface area contributed by atoms with Crippen molar-refractivity contribution in [1.82, 2.24) is 4.90 Å². The van der Waals surface area contributed by atoms with Crippen LogP contribution in [-0.4, -0.2) is 34.6 Å². The number of sulfone groups is 1. The van der Waals surface area contributed by atoms with Gasteiger partial charge in [-0.3, -0.25) is 4.79 Å². The number of hydrogen-bond acceptors (Lipinski definition) is 3. The van der Waals surface area contributed by atoms with E-state index in [1.54, 1.807) is 39.0 Å². The molecule has 6 nitrogen and oxygen atoms in total. The van der Waals surface area contributed by atoms with Gasteiger partial charge in [0.05, 0.1) is 10.9 Å². The molecule has 27 heavy (non-hydrogen) atoms. The highest BCUT2D eigenvalue weighted by atomic mass is 32.2. The van der Waals surface area contributed by atoms with E-state index in [0.717, 1.165) is 5.56 Å². The van der Waals surface area contributed by atoms with Crippen molar-refractivity contribution in [2.75, 3.05) is 0 Å². The molecular weight excluding hydrogens is 362 g/mol. The van der Waals surface area contributed by atoms with Gasteiger partial charge in [0.1, 0.15) is 0 Å². The zero-order valence-corrected chi connectivity index (χ0v) is 16.6. The number of carbonyl (C=O) groups is 1. The van der Waals surface area contributed by atoms with Crippen LogP contribution in [0.4, 0.5) is 0 Å². The number of nitrogens with zero attached hydrogens (tertiary/aromatic N) is 3. The quantitative estimate of drug-likeness (QED) is 0.350. The van der Waals surface area contributed by atoms with E-state index in [1.165, 1.54) is 17.0 Å². The van der Waals surface area contributed by atoms with E-state index < -0.39 is 32.4 Å². The van der Waals surface area contributed by atoms with Gasteiger partial charge in [0.2, 0.25) is 0 Å². The molecule has 0 saturated carbocycles. The lowest BCUT2D eigenvalue weighted by atomic mass is 9.99. The third-order valence-corrected chi connectivity index (χ3v) is 5.85. The van der Waals surface area contributed by atoms with Crippen molar-refractivity contribution in [1.29, 1.82) is 0 Å². The van der Waals surface area contributed by atoms with Crippen LogP contribution in [-0.2, 0) is 14.6 Å². The fourth-order valence-corrected chi connectivity index (χ4v) is 4.14. The van der Waals surface area contributed by atoms with Gasteiger partial charge in [-0.05, 0) is 45.4 Å². The maximum atomic E-state index is 13.2. The van der Waals surface area contributed by atoms with Crippen molar-refractivity contribution >= 4 is 20.8 Å². The Bertz CT molecular complexity index is 959. The summed E-state index contributed by atoms with van der Waals surface area (Å²) in [6.07, 6.45) is 0. The summed E-state index contributed by atoms with van der Waals surface area (Å²) in [6, 6.07) is 16.3. The maximum absolute atomic E-state index is 13.2. The first-order chi connectivity index (χ1) is 12.6. The topological polar surface area (TPSA) is 90.8 Å². The van der Waals surface area contributed by atoms with Gasteiger partial charge in [0.25, 0.3) is 9.84 Å². The number of benzene rings is 2. The lowest BCUT2D eigenvalue weighted by molar-refractivity contribution is -0.135. The highest BCUT2D eigenvalue weighted by Crippen LogP contribution is 2.29. The molecule has 2 rings (SSSR count). The predicted octanol–water partition coefficient (Wildman–Crippen LogP) is 3.48. The van der Waals surface area contributed by atoms with Gasteiger partial charge in [-0.15, -0.1) is 4.79 Å². The minimum Gasteiger partial charge on any atom is -0.360 e. The molecule has 0 heterocycles. The second kappa shape index (κ2) is 7.86. The van der Waals surface area contributed by atoms with Gasteiger partial charge in [-0.2, -0.15) is 0 Å². The van der Waals surface area contributed by atoms with Gasteiger partial charge in [0.15, 0.2) is 0 Å². The standard InChI is InChI=1S/C20H23N3O3S/c1-15(16-11-7-5-8-12-16)23(20(2,3)4)19(24)18(22-21)27(25,26)17-13-9-6-10-14-17/h5-15H,1-4H3. The second-order valence-corrected chi connectivity index (χ2v) is 9.02. The van der Waals surface area contributed by atoms with Crippen molar-refractivity contribution in [2.45, 2.75) is 44.2 Å². The summed E-state index contributed by atoms with van der Waals surface area (Å²) < 4.78 is 25.7. The molecule has 0 aliphatic carbocycles. The number of carbonyl (C=O) groups excluding carboxylic acids is 1. The average molecular weight is 385 g/mol. The average Bonchev–Trinajstić information content (AvgIpc) is 2.62. The molecule has 0 N–H and O–H groups in total. The monoisotopic (exact) mass is 385 g/mol. The lowest BCUT2D eigenvalue weighted by Gasteiger charge is -2.39. The molecule has 142 valence electrons. The Morgan fingerprint density at radius 3 is 1.93 bits per heavy atom. The van der Waals surface area contributed by atoms with Crippen LogP contribution in [0.15, 0.2) is 65.6 Å². The van der Waals surface area contributed by atoms with E-state index in [1.807, 2.05) is 37.3 Å². The normalized spacial score (nSPS) is 12.7. The van der Waals surface area contributed by atoms with Crippen LogP contribution in [0.3, 0.4) is 0 Å². The molecule has 0 saturated heterocycles. The van der Waals surface area contributed by atoms with Crippen LogP contribution >= 0.6 is 0 Å². The number of rotatable bonds is 3. The van der Waals surface area contributed by atoms with Gasteiger partial charge >= 0.3 is 11.0 Å². The van der Waals surface area contributed by atoms with E-state index in [4.69, 9.17) is 0 Å². The first kappa shape index (κ1) is 20.6. The molecule has 1 atom stereocenters. The Kier molecular flexibility index (Phi) is 5.98. The summed E-state index contributed by atoms with van der Waals surface area (Å²) in [5, 5.41) is -0.897. The summed E-state index contributed by atoms with van der Waals surface area (Å²) in [4.78, 5) is 17.4. The van der Waals surface area contributed by atoms with Crippen molar-refractivity contribution in [2.24, 2.45) is 0 Å². The smallest absolute Gasteiger partial charge is 0.360 e. The minimum atomic E-state index is -4.26. The predicted molar refractivity (Wildman–Crippen MR) is 104 cm³/mol. The zero-order valence-electron chi connectivity index (χ0n) is 15.8. The molecule has 0 spiro atoms. The zero-order chi connectivity index (χ0) is 20.2. The lowest BCUT2D eigenvalue weighted by Crippen LogP contribution is -2.51. The van der Waals surface area contributed by atoms with E-state index in [9.17, 15) is 18.7 Å². The highest BCUT2D eigenvalue weighted by Gasteiger charge is 2.45. The SMILES string of the molecule is CC(c1ccccc1)N(C(=O)C(=[N+]=[N-])S(=O)(=O)c1ccccc1)C(C)(C)C. The van der Waals surface area contributed by atoms with E-state index >= 15 is 0 Å². The molecule has 1 amide bonds. The highest BCUT2D eigenvalue weighted by molar-refractivity contribution is 8.08. The molecule has 0 fully saturated rings. The molecule has 1 unspecified atom stereocenters. The molecule has 0 aliphatic heterocycles. The number of hydrogen-bond donors (Lipinski definition) is 0. The van der Waals surface area contributed by atoms with Crippen LogP contribution in [0.1, 0.15) is 39.3 Å². The molecule has 7 heteroatoms. The Balaban J connectivity index is 2.53. The second-order valence-electron chi connectivity index (χ2n) is 7.15. The van der Waals surface area contributed by atoms with Crippen molar-refractivity contribution < 1.29 is 18.0 Å². The van der Waals surface area contributed by atoms with Crippen LogP contribution in [0.5, 0.6) is 0 Å². The Labute approximate surface area is 160 Å². The Morgan fingerprint density at radius 2 is 1.48 bits per heavy atom. The molecule has 0 aromatic heterocycles. The largest absolute Gasteiger partial charge is 0.473 e. The molecule has 0 aliphatic rings. The third kappa shape index (κ3) is 4.32. The van der Waals surface area contributed by atoms with Gasteiger partial charge in [0, 0.05) is 5.54 Å². The Morgan fingerprint density at radius 1 is 1.00 bits per heavy atom. The van der Waals surface area contributed by atoms with Gasteiger partial charge < -0.3 is 10.4 Å². The van der Waals surface area contributed by atoms with Crippen molar-refractivity contribution in [3.05, 3.63) is 71.8 Å². The first-order valence-corrected chi connectivity index (χ1v) is 10.00. The van der Waals surface area contributed by atoms with Crippen LogP contribution in [0.2, 0.25) is 0 Å². The summed E-state index contributed by atoms with van der Waals surface area (Å²) in [5.41, 5.74) is 9.55. The van der Waals surface area contributed by atoms with Crippen molar-refractivity contribution in [3.8, 4) is 0 Å². The summed E-state index contributed by atoms with van der Waals surface area (Å²) in [5.74, 6) is -0.856. The van der Waals surface area contributed by atoms with Crippen molar-refractivity contribution in [3.63, 3.8) is 0 Å². The third-order valence-electron chi connectivity index (χ3n) is 4.19. The summed E-state index contributed by atoms with van der Waals surface area (Å²) in [6.45, 7) is 7.21. The molecule has 0 radical (unpaired) electrons. The van der Waals surface area contributed by atoms with Gasteiger partial charge in [-0.25, -0.2) is 8.42 Å². The molecule has 0 bridgehead atoms. The Hall–Kier alpha value is -2.76. The fourth-order valence-electron chi connectivity index (χ4n) is 2.97. The van der Waals surface area contributed by atoms with E-state index in [2.05, 4.69) is 4.79 Å². The number of amides is 1. The fraction of sp³-hybridized carbons (Fsp3) is 0.300. The summed E-state index contributed by atoms with van der Waals surface area (Å²) >= 11 is 0. The molecule has 2 aromatic carbocycles. The maximum Gasteiger partial charge on any atom is 0.473 e. The van der Waals surface area contributed by atoms with Crippen LogP contribution in [0.25, 0.3) is 5.53 Å². The van der Waals surface area contributed by atoms with Crippen LogP contribution < -0.4 is 0 Å². The molecule has 2 aromatic rings. The van der Waals surface area contributed by atoms with E-state index in [0.29, 0.717) is 0 Å². The van der Waals surface area contributed by atoms with E-state index in [-0.39, 0.29) is 4.90 Å². The van der Waals surface area contributed by atoms with Gasteiger partial charge in [-0.1, -0.05) is 48.5 Å². The summed E-state index contributed by atoms with van der Waals surface area (Å²) in [7, 11) is -4.26. The van der Waals surface area contributed by atoms with Crippen LogP contribution in [0, 0.1) is 0 Å². The minimum absolute atomic E-state index is 0.104. The first-order valence-electron chi connectivity index (χ1n) is 8.51.